The summed E-state index contributed by atoms with van der Waals surface area (Å²) < 4.78 is 5.49. The van der Waals surface area contributed by atoms with Crippen LogP contribution < -0.4 is 4.74 Å². The van der Waals surface area contributed by atoms with Gasteiger partial charge in [0, 0.05) is 5.75 Å². The van der Waals surface area contributed by atoms with Crippen molar-refractivity contribution in [1.29, 1.82) is 0 Å². The van der Waals surface area contributed by atoms with Crippen LogP contribution in [-0.4, -0.2) is 6.10 Å². The third kappa shape index (κ3) is 3.12. The van der Waals surface area contributed by atoms with Gasteiger partial charge in [-0.05, 0) is 31.5 Å². The highest BCUT2D eigenvalue weighted by Gasteiger charge is 2.03. The zero-order valence-electron chi connectivity index (χ0n) is 7.75. The molecule has 0 heterocycles. The van der Waals surface area contributed by atoms with Crippen molar-refractivity contribution >= 4 is 24.2 Å². The van der Waals surface area contributed by atoms with Crippen molar-refractivity contribution in [2.45, 2.75) is 25.7 Å². The van der Waals surface area contributed by atoms with Gasteiger partial charge in [-0.25, -0.2) is 0 Å². The van der Waals surface area contributed by atoms with Crippen LogP contribution >= 0.6 is 24.2 Å². The number of thiol groups is 1. The lowest BCUT2D eigenvalue weighted by molar-refractivity contribution is 0.242. The minimum Gasteiger partial charge on any atom is -0.489 e. The molecule has 0 saturated carbocycles. The number of ether oxygens (including phenoxy) is 1. The quantitative estimate of drug-likeness (QED) is 0.761. The van der Waals surface area contributed by atoms with Crippen molar-refractivity contribution < 1.29 is 4.74 Å². The van der Waals surface area contributed by atoms with Crippen molar-refractivity contribution in [1.82, 2.24) is 0 Å². The molecule has 0 unspecified atom stereocenters. The lowest BCUT2D eigenvalue weighted by Gasteiger charge is -2.11. The third-order valence-corrected chi connectivity index (χ3v) is 2.20. The van der Waals surface area contributed by atoms with Crippen LogP contribution in [-0.2, 0) is 5.75 Å². The number of halogens is 1. The van der Waals surface area contributed by atoms with E-state index in [1.54, 1.807) is 0 Å². The Morgan fingerprint density at radius 2 is 2.15 bits per heavy atom. The number of hydrogen-bond donors (Lipinski definition) is 1. The molecule has 0 aliphatic carbocycles. The summed E-state index contributed by atoms with van der Waals surface area (Å²) in [5.74, 6) is 1.43. The predicted octanol–water partition coefficient (Wildman–Crippen LogP) is 3.56. The van der Waals surface area contributed by atoms with Crippen LogP contribution in [0.25, 0.3) is 0 Å². The minimum absolute atomic E-state index is 0.152. The molecular weight excluding hydrogens is 204 g/mol. The van der Waals surface area contributed by atoms with Gasteiger partial charge in [-0.15, -0.1) is 0 Å². The highest BCUT2D eigenvalue weighted by Crippen LogP contribution is 2.26. The van der Waals surface area contributed by atoms with Crippen LogP contribution in [0, 0.1) is 0 Å². The van der Waals surface area contributed by atoms with Crippen LogP contribution in [0.3, 0.4) is 0 Å². The van der Waals surface area contributed by atoms with Crippen LogP contribution in [0.5, 0.6) is 5.75 Å². The van der Waals surface area contributed by atoms with Crippen LogP contribution in [0.4, 0.5) is 0 Å². The van der Waals surface area contributed by atoms with Crippen molar-refractivity contribution in [3.63, 3.8) is 0 Å². The Hall–Kier alpha value is -0.340. The second kappa shape index (κ2) is 4.77. The van der Waals surface area contributed by atoms with Crippen molar-refractivity contribution in [3.8, 4) is 5.75 Å². The van der Waals surface area contributed by atoms with E-state index in [1.807, 2.05) is 32.0 Å². The lowest BCUT2D eigenvalue weighted by Crippen LogP contribution is -2.05. The van der Waals surface area contributed by atoms with Gasteiger partial charge in [0.1, 0.15) is 5.75 Å². The molecule has 1 nitrogen and oxygen atoms in total. The highest BCUT2D eigenvalue weighted by atomic mass is 35.5. The zero-order chi connectivity index (χ0) is 9.84. The van der Waals surface area contributed by atoms with Gasteiger partial charge in [0.15, 0.2) is 0 Å². The standard InChI is InChI=1S/C10H13ClOS/c1-7(2)12-10-4-3-8(6-13)5-9(10)11/h3-5,7,13H,6H2,1-2H3. The molecule has 0 aliphatic rings. The van der Waals surface area contributed by atoms with E-state index in [2.05, 4.69) is 12.6 Å². The largest absolute Gasteiger partial charge is 0.489 e. The Bertz CT molecular complexity index is 286. The maximum absolute atomic E-state index is 5.99. The van der Waals surface area contributed by atoms with E-state index in [0.717, 1.165) is 11.3 Å². The molecule has 0 atom stereocenters. The third-order valence-electron chi connectivity index (χ3n) is 1.54. The summed E-state index contributed by atoms with van der Waals surface area (Å²) in [7, 11) is 0. The van der Waals surface area contributed by atoms with Gasteiger partial charge in [-0.3, -0.25) is 0 Å². The molecule has 13 heavy (non-hydrogen) atoms. The van der Waals surface area contributed by atoms with Gasteiger partial charge < -0.3 is 4.74 Å². The van der Waals surface area contributed by atoms with Crippen LogP contribution in [0.1, 0.15) is 19.4 Å². The van der Waals surface area contributed by atoms with Crippen LogP contribution in [0.15, 0.2) is 18.2 Å². The fraction of sp³-hybridized carbons (Fsp3) is 0.400. The zero-order valence-corrected chi connectivity index (χ0v) is 9.40. The first-order chi connectivity index (χ1) is 6.13. The Morgan fingerprint density at radius 1 is 1.46 bits per heavy atom. The van der Waals surface area contributed by atoms with E-state index in [9.17, 15) is 0 Å². The summed E-state index contributed by atoms with van der Waals surface area (Å²) >= 11 is 10.2. The van der Waals surface area contributed by atoms with Crippen LogP contribution in [0.2, 0.25) is 5.02 Å². The molecule has 0 N–H and O–H groups in total. The lowest BCUT2D eigenvalue weighted by atomic mass is 10.2. The molecule has 0 saturated heterocycles. The van der Waals surface area contributed by atoms with Crippen molar-refractivity contribution in [2.75, 3.05) is 0 Å². The molecular formula is C10H13ClOS. The smallest absolute Gasteiger partial charge is 0.138 e. The van der Waals surface area contributed by atoms with Crippen molar-refractivity contribution in [3.05, 3.63) is 28.8 Å². The molecule has 0 radical (unpaired) electrons. The van der Waals surface area contributed by atoms with Crippen molar-refractivity contribution in [2.24, 2.45) is 0 Å². The topological polar surface area (TPSA) is 9.23 Å². The first kappa shape index (κ1) is 10.7. The summed E-state index contributed by atoms with van der Waals surface area (Å²) in [6.45, 7) is 3.95. The van der Waals surface area contributed by atoms with E-state index in [1.165, 1.54) is 0 Å². The average Bonchev–Trinajstić information content (AvgIpc) is 2.08. The summed E-state index contributed by atoms with van der Waals surface area (Å²) in [6, 6.07) is 5.73. The fourth-order valence-electron chi connectivity index (χ4n) is 0.992. The Morgan fingerprint density at radius 3 is 2.62 bits per heavy atom. The van der Waals surface area contributed by atoms with Gasteiger partial charge in [0.25, 0.3) is 0 Å². The molecule has 1 rings (SSSR count). The molecule has 0 spiro atoms. The molecule has 0 fully saturated rings. The second-order valence-electron chi connectivity index (χ2n) is 3.09. The summed E-state index contributed by atoms with van der Waals surface area (Å²) in [6.07, 6.45) is 0.152. The SMILES string of the molecule is CC(C)Oc1ccc(CS)cc1Cl. The number of hydrogen-bond acceptors (Lipinski definition) is 2. The molecule has 0 amide bonds. The molecule has 0 aliphatic heterocycles. The van der Waals surface area contributed by atoms with Gasteiger partial charge in [0.05, 0.1) is 11.1 Å². The van der Waals surface area contributed by atoms with E-state index in [0.29, 0.717) is 10.8 Å². The molecule has 1 aromatic rings. The van der Waals surface area contributed by atoms with E-state index in [-0.39, 0.29) is 6.10 Å². The van der Waals surface area contributed by atoms with Gasteiger partial charge in [-0.2, -0.15) is 12.6 Å². The van der Waals surface area contributed by atoms with Gasteiger partial charge in [-0.1, -0.05) is 17.7 Å². The normalized spacial score (nSPS) is 10.5. The monoisotopic (exact) mass is 216 g/mol. The molecule has 3 heteroatoms. The van der Waals surface area contributed by atoms with E-state index >= 15 is 0 Å². The highest BCUT2D eigenvalue weighted by molar-refractivity contribution is 7.79. The Labute approximate surface area is 89.5 Å². The molecule has 72 valence electrons. The summed E-state index contributed by atoms with van der Waals surface area (Å²) in [4.78, 5) is 0. The van der Waals surface area contributed by atoms with Gasteiger partial charge in [0.2, 0.25) is 0 Å². The first-order valence-corrected chi connectivity index (χ1v) is 5.20. The number of rotatable bonds is 3. The maximum atomic E-state index is 5.99. The average molecular weight is 217 g/mol. The minimum atomic E-state index is 0.152. The fourth-order valence-corrected chi connectivity index (χ4v) is 1.44. The van der Waals surface area contributed by atoms with Gasteiger partial charge >= 0.3 is 0 Å². The predicted molar refractivity (Wildman–Crippen MR) is 59.9 cm³/mol. The first-order valence-electron chi connectivity index (χ1n) is 4.19. The molecule has 0 aromatic heterocycles. The summed E-state index contributed by atoms with van der Waals surface area (Å²) in [5.41, 5.74) is 1.10. The van der Waals surface area contributed by atoms with E-state index < -0.39 is 0 Å². The summed E-state index contributed by atoms with van der Waals surface area (Å²) in [5, 5.41) is 0.653. The van der Waals surface area contributed by atoms with E-state index in [4.69, 9.17) is 16.3 Å². The second-order valence-corrected chi connectivity index (χ2v) is 3.81. The molecule has 1 aromatic carbocycles. The maximum Gasteiger partial charge on any atom is 0.138 e. The number of benzene rings is 1. The molecule has 0 bridgehead atoms. The Kier molecular flexibility index (Phi) is 3.94. The Balaban J connectivity index is 2.85.